The lowest BCUT2D eigenvalue weighted by Gasteiger charge is -2.33. The lowest BCUT2D eigenvalue weighted by atomic mass is 9.93. The zero-order valence-corrected chi connectivity index (χ0v) is 52.9. The van der Waals surface area contributed by atoms with Crippen LogP contribution in [0.4, 0.5) is 5.69 Å². The maximum absolute atomic E-state index is 15.0. The largest absolute Gasteiger partial charge is 0.394 e. The van der Waals surface area contributed by atoms with E-state index >= 15 is 4.79 Å². The van der Waals surface area contributed by atoms with Gasteiger partial charge in [-0.05, 0) is 48.1 Å². The second-order valence-electron chi connectivity index (χ2n) is 23.7. The van der Waals surface area contributed by atoms with Gasteiger partial charge in [0, 0.05) is 79.3 Å². The number of amides is 14. The molecule has 2 unspecified atom stereocenters. The number of aromatic nitrogens is 1. The fourth-order valence-corrected chi connectivity index (χ4v) is 11.9. The van der Waals surface area contributed by atoms with Crippen molar-refractivity contribution >= 4 is 111 Å². The first kappa shape index (κ1) is 71.2. The van der Waals surface area contributed by atoms with Gasteiger partial charge in [-0.2, -0.15) is 0 Å². The van der Waals surface area contributed by atoms with E-state index in [-0.39, 0.29) is 37.4 Å². The summed E-state index contributed by atoms with van der Waals surface area (Å²) < 4.78 is 0. The minimum atomic E-state index is -1.84. The van der Waals surface area contributed by atoms with Crippen molar-refractivity contribution in [1.29, 1.82) is 0 Å². The number of nitrogens with one attached hydrogen (secondary N) is 12. The number of rotatable bonds is 18. The highest BCUT2D eigenvalue weighted by molar-refractivity contribution is 7.99. The van der Waals surface area contributed by atoms with Crippen LogP contribution in [0.3, 0.4) is 0 Å². The van der Waals surface area contributed by atoms with Crippen LogP contribution in [-0.2, 0) is 80.1 Å². The third kappa shape index (κ3) is 18.7. The molecule has 31 nitrogen and oxygen atoms in total. The monoisotopic (exact) mass is 1310 g/mol. The second-order valence-corrected chi connectivity index (χ2v) is 24.7. The molecular weight excluding hydrogens is 1230 g/mol. The fourth-order valence-electron chi connectivity index (χ4n) is 10.7. The van der Waals surface area contributed by atoms with Gasteiger partial charge in [0.1, 0.15) is 48.3 Å². The van der Waals surface area contributed by atoms with Crippen LogP contribution in [0.2, 0.25) is 0 Å². The summed E-state index contributed by atoms with van der Waals surface area (Å²) >= 11 is 0.989. The van der Waals surface area contributed by atoms with Crippen molar-refractivity contribution in [2.75, 3.05) is 43.9 Å². The second kappa shape index (κ2) is 32.3. The van der Waals surface area contributed by atoms with E-state index in [2.05, 4.69) is 63.5 Å². The molecule has 12 atom stereocenters. The first-order valence-electron chi connectivity index (χ1n) is 30.5. The van der Waals surface area contributed by atoms with Crippen LogP contribution in [0.5, 0.6) is 0 Å². The van der Waals surface area contributed by atoms with Gasteiger partial charge in [-0.1, -0.05) is 71.4 Å². The molecule has 7 rings (SSSR count). The van der Waals surface area contributed by atoms with Gasteiger partial charge in [-0.15, -0.1) is 11.8 Å². The summed E-state index contributed by atoms with van der Waals surface area (Å²) in [5, 5.41) is 61.5. The Morgan fingerprint density at radius 1 is 0.720 bits per heavy atom. The Morgan fingerprint density at radius 3 is 2.05 bits per heavy atom. The van der Waals surface area contributed by atoms with Crippen LogP contribution in [0, 0.1) is 17.8 Å². The molecule has 502 valence electrons. The summed E-state index contributed by atoms with van der Waals surface area (Å²) in [6.45, 7) is 6.32. The SMILES string of the molecule is CC[C@H](C)[C@@H]1NC(=O)CNC(=O)C2Cc3c([nH]c4ccccc34)SC[C@H](NC(=O)CNC1=O)C(=O)N[C@@H](CC(=O)NCc1ccc(NC(=O)[C@H](C)NC(=O)C(NC(=O)CCN3C(=O)C=CC3=O)C(C)C)cc1)C(=O)N1C[C@H](O)C[C@H]1C(=O)N[C@@H]([C@@H](C)[C@@H](O)CO)C(=O)N2. The Kier molecular flexibility index (Phi) is 24.7. The molecule has 2 aromatic carbocycles. The van der Waals surface area contributed by atoms with Gasteiger partial charge in [-0.3, -0.25) is 72.0 Å². The smallest absolute Gasteiger partial charge is 0.253 e. The standard InChI is InChI=1S/C61H80N14O17S/c1-7-30(4)51-57(89)64-24-46(81)67-41-28-93-60-37(36-10-8-9-11-38(36)70-60)21-39(54(86)63-25-47(82)72-51)68-59(91)52(31(5)43(78)27-76)73-56(88)42-20-35(77)26-75(42)61(92)40(69-55(41)87)22-45(80)62-23-33-12-14-34(15-13-33)66-53(85)32(6)65-58(90)50(29(2)3)71-44(79)18-19-74-48(83)16-17-49(74)84/h8-17,29-32,35,39-43,50-52,70,76-78H,7,18-28H2,1-6H3,(H,62,80)(H,63,86)(H,64,89)(H,65,90)(H,66,85)(H,67,81)(H,68,91)(H,69,87)(H,71,79)(H,72,82)(H,73,88)/t30-,31-,32-,35+,39?,40-,41-,42-,43-,50?,51-,52-/m0/s1. The van der Waals surface area contributed by atoms with Gasteiger partial charge in [0.15, 0.2) is 0 Å². The summed E-state index contributed by atoms with van der Waals surface area (Å²) in [6.07, 6.45) is -2.30. The molecule has 0 aliphatic carbocycles. The van der Waals surface area contributed by atoms with Gasteiger partial charge in [0.05, 0.1) is 43.4 Å². The van der Waals surface area contributed by atoms with Crippen molar-refractivity contribution in [1.82, 2.24) is 68.0 Å². The number of imide groups is 1. The highest BCUT2D eigenvalue weighted by atomic mass is 32.2. The average molecular weight is 1310 g/mol. The molecule has 14 amide bonds. The van der Waals surface area contributed by atoms with Gasteiger partial charge in [0.25, 0.3) is 11.8 Å². The molecule has 1 saturated heterocycles. The zero-order valence-electron chi connectivity index (χ0n) is 52.1. The van der Waals surface area contributed by atoms with Crippen molar-refractivity contribution in [3.05, 3.63) is 71.8 Å². The van der Waals surface area contributed by atoms with Crippen LogP contribution in [0.1, 0.15) is 78.4 Å². The fraction of sp³-hybridized carbons (Fsp3) is 0.508. The number of hydrogen-bond donors (Lipinski definition) is 15. The van der Waals surface area contributed by atoms with Crippen LogP contribution in [0.15, 0.2) is 65.7 Å². The lowest BCUT2D eigenvalue weighted by molar-refractivity contribution is -0.144. The zero-order chi connectivity index (χ0) is 68.0. The van der Waals surface area contributed by atoms with E-state index in [9.17, 15) is 77.6 Å². The van der Waals surface area contributed by atoms with E-state index in [1.165, 1.54) is 26.0 Å². The molecular formula is C61H80N14O17S. The predicted molar refractivity (Wildman–Crippen MR) is 333 cm³/mol. The number of aliphatic hydroxyl groups is 3. The first-order chi connectivity index (χ1) is 44.2. The summed E-state index contributed by atoms with van der Waals surface area (Å²) in [4.78, 5) is 197. The Labute approximate surface area is 538 Å². The van der Waals surface area contributed by atoms with E-state index in [0.29, 0.717) is 33.5 Å². The van der Waals surface area contributed by atoms with E-state index in [1.54, 1.807) is 64.1 Å². The first-order valence-corrected chi connectivity index (χ1v) is 31.5. The number of H-pyrrole nitrogens is 1. The summed E-state index contributed by atoms with van der Waals surface area (Å²) in [5.41, 5.74) is 1.68. The number of fused-ring (bicyclic) bond motifs is 5. The number of aliphatic hydroxyl groups excluding tert-OH is 3. The van der Waals surface area contributed by atoms with Gasteiger partial charge < -0.3 is 83.7 Å². The maximum Gasteiger partial charge on any atom is 0.253 e. The minimum absolute atomic E-state index is 0.190. The third-order valence-corrected chi connectivity index (χ3v) is 17.6. The summed E-state index contributed by atoms with van der Waals surface area (Å²) in [6, 6.07) is 1.18. The van der Waals surface area contributed by atoms with Crippen molar-refractivity contribution in [3.8, 4) is 0 Å². The number of para-hydroxylation sites is 1. The molecule has 32 heteroatoms. The number of aromatic amines is 1. The van der Waals surface area contributed by atoms with Crippen molar-refractivity contribution < 1.29 is 82.4 Å². The van der Waals surface area contributed by atoms with Crippen LogP contribution in [0.25, 0.3) is 10.9 Å². The van der Waals surface area contributed by atoms with Crippen LogP contribution >= 0.6 is 11.8 Å². The number of hydrogen-bond acceptors (Lipinski definition) is 18. The Hall–Kier alpha value is -9.27. The number of nitrogens with zero attached hydrogens (tertiary/aromatic N) is 2. The minimum Gasteiger partial charge on any atom is -0.394 e. The van der Waals surface area contributed by atoms with Crippen LogP contribution in [-0.4, -0.2) is 212 Å². The molecule has 93 heavy (non-hydrogen) atoms. The molecule has 15 N–H and O–H groups in total. The molecule has 0 spiro atoms. The van der Waals surface area contributed by atoms with Crippen molar-refractivity contribution in [3.63, 3.8) is 0 Å². The van der Waals surface area contributed by atoms with Crippen molar-refractivity contribution in [2.45, 2.75) is 146 Å². The number of thioether (sulfide) groups is 1. The van der Waals surface area contributed by atoms with E-state index in [1.807, 2.05) is 0 Å². The quantitative estimate of drug-likeness (QED) is 0.0541. The number of benzene rings is 2. The molecule has 0 radical (unpaired) electrons. The van der Waals surface area contributed by atoms with Crippen molar-refractivity contribution in [2.24, 2.45) is 17.8 Å². The van der Waals surface area contributed by atoms with E-state index in [0.717, 1.165) is 33.7 Å². The maximum atomic E-state index is 15.0. The molecule has 4 aliphatic rings. The molecule has 5 heterocycles. The van der Waals surface area contributed by atoms with Crippen LogP contribution < -0.4 is 58.5 Å². The normalized spacial score (nSPS) is 23.7. The Morgan fingerprint density at radius 2 is 1.39 bits per heavy atom. The highest BCUT2D eigenvalue weighted by Crippen LogP contribution is 2.32. The molecule has 1 fully saturated rings. The topological polar surface area (TPSA) is 454 Å². The molecule has 1 aromatic heterocycles. The average Bonchev–Trinajstić information content (AvgIpc) is 1.70. The molecule has 3 aromatic rings. The van der Waals surface area contributed by atoms with Gasteiger partial charge in [0.2, 0.25) is 70.9 Å². The lowest BCUT2D eigenvalue weighted by Crippen LogP contribution is -2.62. The van der Waals surface area contributed by atoms with Gasteiger partial charge in [-0.25, -0.2) is 0 Å². The number of carbonyl (C=O) groups excluding carboxylic acids is 14. The van der Waals surface area contributed by atoms with E-state index < -0.39 is 200 Å². The third-order valence-electron chi connectivity index (χ3n) is 16.5. The molecule has 2 bridgehead atoms. The molecule has 0 saturated carbocycles. The Balaban J connectivity index is 1.14. The van der Waals surface area contributed by atoms with E-state index in [4.69, 9.17) is 0 Å². The molecule has 4 aliphatic heterocycles. The summed E-state index contributed by atoms with van der Waals surface area (Å²) in [5.74, 6) is -14.0. The summed E-state index contributed by atoms with van der Waals surface area (Å²) in [7, 11) is 0. The van der Waals surface area contributed by atoms with Gasteiger partial charge >= 0.3 is 0 Å². The number of carbonyl (C=O) groups is 14. The number of anilines is 1. The Bertz CT molecular complexity index is 3380. The highest BCUT2D eigenvalue weighted by Gasteiger charge is 2.45. The predicted octanol–water partition coefficient (Wildman–Crippen LogP) is -3.91.